The first-order chi connectivity index (χ1) is 11.3. The number of imide groups is 1. The summed E-state index contributed by atoms with van der Waals surface area (Å²) < 4.78 is 38.5. The molecule has 1 heterocycles. The minimum atomic E-state index is -4.39. The largest absolute Gasteiger partial charge is 0.339 e. The molecule has 1 fully saturated rings. The van der Waals surface area contributed by atoms with E-state index in [0.29, 0.717) is 5.02 Å². The van der Waals surface area contributed by atoms with Gasteiger partial charge < -0.3 is 5.32 Å². The average Bonchev–Trinajstić information content (AvgIpc) is 2.83. The third kappa shape index (κ3) is 2.74. The molecular weight excluding hydrogens is 359 g/mol. The smallest absolute Gasteiger partial charge is 0.321 e. The number of nitrogens with zero attached hydrogens (tertiary/aromatic N) is 1. The first kappa shape index (κ1) is 16.4. The summed E-state index contributed by atoms with van der Waals surface area (Å²) in [5.41, 5.74) is 0.155. The Kier molecular flexibility index (Phi) is 4.02. The number of carbonyl (C=O) groups excluding carboxylic acids is 2. The molecule has 6 nitrogen and oxygen atoms in total. The molecule has 1 saturated heterocycles. The highest BCUT2D eigenvalue weighted by molar-refractivity contribution is 7.90. The zero-order valence-electron chi connectivity index (χ0n) is 11.9. The highest BCUT2D eigenvalue weighted by atomic mass is 35.5. The number of rotatable bonds is 3. The van der Waals surface area contributed by atoms with Crippen LogP contribution in [0.4, 0.5) is 9.18 Å². The fraction of sp³-hybridized carbons (Fsp3) is 0.0667. The number of nitrogens with one attached hydrogen (secondary N) is 1. The van der Waals surface area contributed by atoms with Crippen molar-refractivity contribution >= 4 is 33.6 Å². The molecule has 0 spiro atoms. The number of amides is 3. The van der Waals surface area contributed by atoms with Gasteiger partial charge in [0.1, 0.15) is 11.9 Å². The highest BCUT2D eigenvalue weighted by Crippen LogP contribution is 2.28. The maximum Gasteiger partial charge on any atom is 0.339 e. The van der Waals surface area contributed by atoms with E-state index in [4.69, 9.17) is 11.6 Å². The van der Waals surface area contributed by atoms with Gasteiger partial charge in [-0.05, 0) is 42.0 Å². The topological polar surface area (TPSA) is 83.6 Å². The van der Waals surface area contributed by atoms with Crippen LogP contribution < -0.4 is 5.32 Å². The monoisotopic (exact) mass is 368 g/mol. The average molecular weight is 369 g/mol. The summed E-state index contributed by atoms with van der Waals surface area (Å²) in [6.07, 6.45) is 0. The van der Waals surface area contributed by atoms with E-state index in [0.717, 1.165) is 6.07 Å². The molecule has 2 aromatic carbocycles. The van der Waals surface area contributed by atoms with Gasteiger partial charge in [-0.3, -0.25) is 4.79 Å². The van der Waals surface area contributed by atoms with E-state index in [-0.39, 0.29) is 14.8 Å². The zero-order valence-corrected chi connectivity index (χ0v) is 13.5. The molecule has 24 heavy (non-hydrogen) atoms. The number of sulfonamides is 1. The van der Waals surface area contributed by atoms with Crippen molar-refractivity contribution in [2.45, 2.75) is 10.9 Å². The first-order valence-corrected chi connectivity index (χ1v) is 8.53. The molecular formula is C15H10ClFN2O4S. The van der Waals surface area contributed by atoms with E-state index >= 15 is 0 Å². The fourth-order valence-electron chi connectivity index (χ4n) is 2.31. The molecule has 1 aliphatic heterocycles. The Balaban J connectivity index is 1.99. The Morgan fingerprint density at radius 1 is 1.08 bits per heavy atom. The first-order valence-electron chi connectivity index (χ1n) is 6.71. The molecule has 0 bridgehead atoms. The normalized spacial score (nSPS) is 17.9. The van der Waals surface area contributed by atoms with Crippen molar-refractivity contribution in [2.24, 2.45) is 0 Å². The van der Waals surface area contributed by atoms with Crippen molar-refractivity contribution in [1.82, 2.24) is 9.62 Å². The standard InChI is InChI=1S/C15H10ClFN2O4S/c16-10-4-6-12(7-5-10)24(22,23)19-14(20)13(18-15(19)21)9-2-1-3-11(17)8-9/h1-8,13H,(H,18,21)/t13-/m0/s1. The second-order valence-electron chi connectivity index (χ2n) is 5.00. The van der Waals surface area contributed by atoms with Crippen LogP contribution in [0.25, 0.3) is 0 Å². The van der Waals surface area contributed by atoms with Crippen molar-refractivity contribution in [3.05, 3.63) is 64.9 Å². The third-order valence-electron chi connectivity index (χ3n) is 3.43. The Bertz CT molecular complexity index is 931. The highest BCUT2D eigenvalue weighted by Gasteiger charge is 2.46. The summed E-state index contributed by atoms with van der Waals surface area (Å²) in [4.78, 5) is 24.2. The molecule has 0 saturated carbocycles. The van der Waals surface area contributed by atoms with Crippen LogP contribution in [0.2, 0.25) is 5.02 Å². The quantitative estimate of drug-likeness (QED) is 0.843. The van der Waals surface area contributed by atoms with Gasteiger partial charge in [0.05, 0.1) is 4.90 Å². The fourth-order valence-corrected chi connectivity index (χ4v) is 3.74. The van der Waals surface area contributed by atoms with Gasteiger partial charge in [-0.1, -0.05) is 23.7 Å². The summed E-state index contributed by atoms with van der Waals surface area (Å²) in [5.74, 6) is -1.60. The summed E-state index contributed by atoms with van der Waals surface area (Å²) in [6, 6.07) is 7.69. The van der Waals surface area contributed by atoms with Gasteiger partial charge in [0.15, 0.2) is 0 Å². The van der Waals surface area contributed by atoms with E-state index in [9.17, 15) is 22.4 Å². The third-order valence-corrected chi connectivity index (χ3v) is 5.38. The molecule has 0 aromatic heterocycles. The van der Waals surface area contributed by atoms with E-state index in [1.54, 1.807) is 0 Å². The maximum atomic E-state index is 13.3. The lowest BCUT2D eigenvalue weighted by atomic mass is 10.1. The number of halogens is 2. The molecule has 0 aliphatic carbocycles. The lowest BCUT2D eigenvalue weighted by molar-refractivity contribution is -0.124. The van der Waals surface area contributed by atoms with Crippen molar-refractivity contribution in [2.75, 3.05) is 0 Å². The van der Waals surface area contributed by atoms with Gasteiger partial charge in [-0.25, -0.2) is 17.6 Å². The molecule has 9 heteroatoms. The summed E-state index contributed by atoms with van der Waals surface area (Å²) >= 11 is 5.71. The van der Waals surface area contributed by atoms with Crippen molar-refractivity contribution < 1.29 is 22.4 Å². The summed E-state index contributed by atoms with van der Waals surface area (Å²) in [7, 11) is -4.39. The van der Waals surface area contributed by atoms with Gasteiger partial charge in [-0.15, -0.1) is 4.31 Å². The van der Waals surface area contributed by atoms with E-state index < -0.39 is 33.8 Å². The van der Waals surface area contributed by atoms with E-state index in [1.165, 1.54) is 42.5 Å². The van der Waals surface area contributed by atoms with Crippen LogP contribution in [-0.2, 0) is 14.8 Å². The Morgan fingerprint density at radius 3 is 2.38 bits per heavy atom. The maximum absolute atomic E-state index is 13.3. The number of hydrogen-bond acceptors (Lipinski definition) is 4. The predicted molar refractivity (Wildman–Crippen MR) is 83.2 cm³/mol. The predicted octanol–water partition coefficient (Wildman–Crippen LogP) is 2.46. The lowest BCUT2D eigenvalue weighted by Gasteiger charge is -2.13. The van der Waals surface area contributed by atoms with Crippen LogP contribution in [0.3, 0.4) is 0 Å². The van der Waals surface area contributed by atoms with E-state index in [1.807, 2.05) is 0 Å². The van der Waals surface area contributed by atoms with Crippen LogP contribution in [0.1, 0.15) is 11.6 Å². The Labute approximate surface area is 141 Å². The van der Waals surface area contributed by atoms with E-state index in [2.05, 4.69) is 5.32 Å². The van der Waals surface area contributed by atoms with Gasteiger partial charge in [-0.2, -0.15) is 0 Å². The molecule has 2 aromatic rings. The van der Waals surface area contributed by atoms with Gasteiger partial charge >= 0.3 is 6.03 Å². The summed E-state index contributed by atoms with van der Waals surface area (Å²) in [6.45, 7) is 0. The minimum Gasteiger partial charge on any atom is -0.321 e. The van der Waals surface area contributed by atoms with Gasteiger partial charge in [0, 0.05) is 5.02 Å². The van der Waals surface area contributed by atoms with Crippen LogP contribution in [0, 0.1) is 5.82 Å². The minimum absolute atomic E-state index is 0.145. The SMILES string of the molecule is O=C1N[C@@H](c2cccc(F)c2)C(=O)N1S(=O)(=O)c1ccc(Cl)cc1. The Hall–Kier alpha value is -2.45. The molecule has 1 atom stereocenters. The number of benzene rings is 2. The molecule has 124 valence electrons. The van der Waals surface area contributed by atoms with Crippen LogP contribution in [0.5, 0.6) is 0 Å². The Morgan fingerprint density at radius 2 is 1.75 bits per heavy atom. The zero-order chi connectivity index (χ0) is 17.5. The molecule has 1 aliphatic rings. The van der Waals surface area contributed by atoms with Crippen LogP contribution in [-0.4, -0.2) is 24.7 Å². The number of hydrogen-bond donors (Lipinski definition) is 1. The molecule has 1 N–H and O–H groups in total. The number of urea groups is 1. The molecule has 3 amide bonds. The van der Waals surface area contributed by atoms with Crippen molar-refractivity contribution in [3.63, 3.8) is 0 Å². The number of carbonyl (C=O) groups is 2. The molecule has 0 radical (unpaired) electrons. The molecule has 0 unspecified atom stereocenters. The molecule has 3 rings (SSSR count). The second-order valence-corrected chi connectivity index (χ2v) is 7.22. The van der Waals surface area contributed by atoms with Crippen molar-refractivity contribution in [3.8, 4) is 0 Å². The van der Waals surface area contributed by atoms with Crippen molar-refractivity contribution in [1.29, 1.82) is 0 Å². The van der Waals surface area contributed by atoms with Gasteiger partial charge in [0.2, 0.25) is 0 Å². The summed E-state index contributed by atoms with van der Waals surface area (Å²) in [5, 5.41) is 2.56. The van der Waals surface area contributed by atoms with Crippen LogP contribution in [0.15, 0.2) is 53.4 Å². The van der Waals surface area contributed by atoms with Crippen LogP contribution >= 0.6 is 11.6 Å². The second kappa shape index (κ2) is 5.88. The van der Waals surface area contributed by atoms with Gasteiger partial charge in [0.25, 0.3) is 15.9 Å². The lowest BCUT2D eigenvalue weighted by Crippen LogP contribution is -2.37.